The zero-order valence-electron chi connectivity index (χ0n) is 16.1. The van der Waals surface area contributed by atoms with E-state index in [1.165, 1.54) is 0 Å². The first kappa shape index (κ1) is 19.1. The summed E-state index contributed by atoms with van der Waals surface area (Å²) >= 11 is 0. The smallest absolute Gasteiger partial charge is 0.407 e. The molecular formula is C21H23N3O5. The van der Waals surface area contributed by atoms with Gasteiger partial charge in [-0.15, -0.1) is 0 Å². The standard InChI is InChI=1S/C21H23N3O5/c1-14(23-21(26)28-12-15-5-3-2-4-6-15)10-24-19-16(9-22-24)7-8-18-20(19)29-17(11-25)13-27-18/h2-9,14,17,25H,10-13H2,1H3,(H,23,26)/t14-,17-/m0/s1. The van der Waals surface area contributed by atoms with E-state index in [1.54, 1.807) is 10.9 Å². The van der Waals surface area contributed by atoms with Crippen LogP contribution in [0.15, 0.2) is 48.7 Å². The maximum absolute atomic E-state index is 12.1. The predicted molar refractivity (Wildman–Crippen MR) is 106 cm³/mol. The summed E-state index contributed by atoms with van der Waals surface area (Å²) in [6, 6.07) is 13.0. The van der Waals surface area contributed by atoms with E-state index in [4.69, 9.17) is 14.2 Å². The first-order valence-electron chi connectivity index (χ1n) is 9.50. The highest BCUT2D eigenvalue weighted by molar-refractivity contribution is 5.87. The fourth-order valence-corrected chi connectivity index (χ4v) is 3.24. The van der Waals surface area contributed by atoms with Gasteiger partial charge in [0.2, 0.25) is 0 Å². The van der Waals surface area contributed by atoms with Gasteiger partial charge in [0, 0.05) is 11.4 Å². The zero-order valence-corrected chi connectivity index (χ0v) is 16.1. The van der Waals surface area contributed by atoms with Crippen LogP contribution in [-0.4, -0.2) is 46.3 Å². The Morgan fingerprint density at radius 3 is 2.97 bits per heavy atom. The minimum Gasteiger partial charge on any atom is -0.486 e. The Balaban J connectivity index is 1.43. The number of fused-ring (bicyclic) bond motifs is 3. The maximum atomic E-state index is 12.1. The van der Waals surface area contributed by atoms with E-state index in [0.717, 1.165) is 16.5 Å². The normalized spacial score (nSPS) is 16.4. The van der Waals surface area contributed by atoms with E-state index in [9.17, 15) is 9.90 Å². The number of aromatic nitrogens is 2. The van der Waals surface area contributed by atoms with Gasteiger partial charge in [0.1, 0.15) is 18.7 Å². The van der Waals surface area contributed by atoms with Crippen LogP contribution in [-0.2, 0) is 17.9 Å². The van der Waals surface area contributed by atoms with E-state index in [2.05, 4.69) is 10.4 Å². The summed E-state index contributed by atoms with van der Waals surface area (Å²) in [6.45, 7) is 2.68. The number of hydrogen-bond acceptors (Lipinski definition) is 6. The first-order valence-corrected chi connectivity index (χ1v) is 9.50. The van der Waals surface area contributed by atoms with Gasteiger partial charge in [0.25, 0.3) is 0 Å². The summed E-state index contributed by atoms with van der Waals surface area (Å²) in [5.74, 6) is 1.18. The Morgan fingerprint density at radius 2 is 2.17 bits per heavy atom. The van der Waals surface area contributed by atoms with Gasteiger partial charge in [-0.25, -0.2) is 4.79 Å². The van der Waals surface area contributed by atoms with E-state index in [-0.39, 0.29) is 19.3 Å². The number of nitrogens with zero attached hydrogens (tertiary/aromatic N) is 2. The second kappa shape index (κ2) is 8.40. The molecule has 0 unspecified atom stereocenters. The quantitative estimate of drug-likeness (QED) is 0.664. The molecular weight excluding hydrogens is 374 g/mol. The molecule has 0 radical (unpaired) electrons. The third kappa shape index (κ3) is 4.27. The molecule has 1 aliphatic rings. The van der Waals surface area contributed by atoms with E-state index >= 15 is 0 Å². The maximum Gasteiger partial charge on any atom is 0.407 e. The molecule has 0 bridgehead atoms. The van der Waals surface area contributed by atoms with Crippen molar-refractivity contribution in [3.8, 4) is 11.5 Å². The molecule has 0 spiro atoms. The average molecular weight is 397 g/mol. The van der Waals surface area contributed by atoms with E-state index in [1.807, 2.05) is 49.4 Å². The molecule has 3 aromatic rings. The molecule has 4 rings (SSSR count). The average Bonchev–Trinajstić information content (AvgIpc) is 3.15. The van der Waals surface area contributed by atoms with Gasteiger partial charge < -0.3 is 24.6 Å². The van der Waals surface area contributed by atoms with Crippen LogP contribution in [0.5, 0.6) is 11.5 Å². The second-order valence-corrected chi connectivity index (χ2v) is 7.00. The lowest BCUT2D eigenvalue weighted by molar-refractivity contribution is 0.0468. The summed E-state index contributed by atoms with van der Waals surface area (Å²) < 4.78 is 18.6. The van der Waals surface area contributed by atoms with Crippen molar-refractivity contribution in [2.24, 2.45) is 0 Å². The Bertz CT molecular complexity index is 989. The lowest BCUT2D eigenvalue weighted by Crippen LogP contribution is -2.36. The van der Waals surface area contributed by atoms with E-state index in [0.29, 0.717) is 24.7 Å². The van der Waals surface area contributed by atoms with Gasteiger partial charge in [0.15, 0.2) is 17.6 Å². The second-order valence-electron chi connectivity index (χ2n) is 7.00. The van der Waals surface area contributed by atoms with Gasteiger partial charge in [-0.05, 0) is 24.6 Å². The van der Waals surface area contributed by atoms with Crippen molar-refractivity contribution < 1.29 is 24.1 Å². The predicted octanol–water partition coefficient (Wildman–Crippen LogP) is 2.48. The van der Waals surface area contributed by atoms with Crippen LogP contribution in [0, 0.1) is 0 Å². The number of carbonyl (C=O) groups is 1. The summed E-state index contributed by atoms with van der Waals surface area (Å²) in [7, 11) is 0. The lowest BCUT2D eigenvalue weighted by atomic mass is 10.2. The van der Waals surface area contributed by atoms with Crippen LogP contribution in [0.25, 0.3) is 10.9 Å². The molecule has 2 atom stereocenters. The summed E-state index contributed by atoms with van der Waals surface area (Å²) in [5.41, 5.74) is 1.70. The van der Waals surface area contributed by atoms with Crippen molar-refractivity contribution in [3.63, 3.8) is 0 Å². The van der Waals surface area contributed by atoms with Gasteiger partial charge in [-0.1, -0.05) is 30.3 Å². The molecule has 8 heteroatoms. The number of aliphatic hydroxyl groups excluding tert-OH is 1. The number of nitrogens with one attached hydrogen (secondary N) is 1. The molecule has 8 nitrogen and oxygen atoms in total. The van der Waals surface area contributed by atoms with E-state index < -0.39 is 12.2 Å². The van der Waals surface area contributed by atoms with Gasteiger partial charge in [-0.3, -0.25) is 4.68 Å². The third-order valence-electron chi connectivity index (χ3n) is 4.66. The molecule has 1 aliphatic heterocycles. The molecule has 2 N–H and O–H groups in total. The Labute approximate surface area is 168 Å². The number of carbonyl (C=O) groups excluding carboxylic acids is 1. The Morgan fingerprint density at radius 1 is 1.34 bits per heavy atom. The molecule has 2 heterocycles. The SMILES string of the molecule is C[C@@H](Cn1ncc2ccc3c(c21)O[C@@H](CO)CO3)NC(=O)OCc1ccccc1. The number of rotatable bonds is 6. The summed E-state index contributed by atoms with van der Waals surface area (Å²) in [5, 5.41) is 17.5. The summed E-state index contributed by atoms with van der Waals surface area (Å²) in [6.07, 6.45) is 0.835. The highest BCUT2D eigenvalue weighted by Crippen LogP contribution is 2.38. The van der Waals surface area contributed by atoms with Crippen LogP contribution in [0.2, 0.25) is 0 Å². The molecule has 0 saturated heterocycles. The minimum atomic E-state index is -0.486. The van der Waals surface area contributed by atoms with Gasteiger partial charge >= 0.3 is 6.09 Å². The largest absolute Gasteiger partial charge is 0.486 e. The van der Waals surface area contributed by atoms with Crippen LogP contribution < -0.4 is 14.8 Å². The molecule has 29 heavy (non-hydrogen) atoms. The Kier molecular flexibility index (Phi) is 5.53. The van der Waals surface area contributed by atoms with Crippen molar-refractivity contribution in [2.45, 2.75) is 32.2 Å². The van der Waals surface area contributed by atoms with Crippen LogP contribution in [0.1, 0.15) is 12.5 Å². The van der Waals surface area contributed by atoms with Crippen molar-refractivity contribution in [1.29, 1.82) is 0 Å². The highest BCUT2D eigenvalue weighted by atomic mass is 16.6. The number of amides is 1. The summed E-state index contributed by atoms with van der Waals surface area (Å²) in [4.78, 5) is 12.1. The first-order chi connectivity index (χ1) is 14.1. The van der Waals surface area contributed by atoms with Crippen LogP contribution >= 0.6 is 0 Å². The molecule has 1 amide bonds. The molecule has 2 aromatic carbocycles. The topological polar surface area (TPSA) is 94.8 Å². The van der Waals surface area contributed by atoms with Gasteiger partial charge in [-0.2, -0.15) is 5.10 Å². The molecule has 0 saturated carbocycles. The van der Waals surface area contributed by atoms with Crippen molar-refractivity contribution in [1.82, 2.24) is 15.1 Å². The monoisotopic (exact) mass is 397 g/mol. The highest BCUT2D eigenvalue weighted by Gasteiger charge is 2.25. The molecule has 1 aromatic heterocycles. The minimum absolute atomic E-state index is 0.130. The van der Waals surface area contributed by atoms with Crippen LogP contribution in [0.3, 0.4) is 0 Å². The molecule has 0 aliphatic carbocycles. The number of benzene rings is 2. The fourth-order valence-electron chi connectivity index (χ4n) is 3.24. The van der Waals surface area contributed by atoms with Crippen LogP contribution in [0.4, 0.5) is 4.79 Å². The van der Waals surface area contributed by atoms with Gasteiger partial charge in [0.05, 0.1) is 19.3 Å². The number of alkyl carbamates (subject to hydrolysis) is 1. The molecule has 152 valence electrons. The number of aliphatic hydroxyl groups is 1. The van der Waals surface area contributed by atoms with Crippen molar-refractivity contribution in [2.75, 3.05) is 13.2 Å². The third-order valence-corrected chi connectivity index (χ3v) is 4.66. The van der Waals surface area contributed by atoms with Crippen molar-refractivity contribution >= 4 is 17.0 Å². The molecule has 0 fully saturated rings. The van der Waals surface area contributed by atoms with Crippen molar-refractivity contribution in [3.05, 3.63) is 54.2 Å². The Hall–Kier alpha value is -3.26. The number of ether oxygens (including phenoxy) is 3. The zero-order chi connectivity index (χ0) is 20.2. The number of hydrogen-bond donors (Lipinski definition) is 2. The fraction of sp³-hybridized carbons (Fsp3) is 0.333. The lowest BCUT2D eigenvalue weighted by Gasteiger charge is -2.26.